The van der Waals surface area contributed by atoms with Gasteiger partial charge in [-0.25, -0.2) is 0 Å². The largest absolute Gasteiger partial charge is 0.446 e. The third-order valence-corrected chi connectivity index (χ3v) is 2.93. The van der Waals surface area contributed by atoms with Crippen LogP contribution >= 0.6 is 34.4 Å². The third kappa shape index (κ3) is 4.21. The van der Waals surface area contributed by atoms with Crippen LogP contribution in [0.15, 0.2) is 29.2 Å². The normalized spacial score (nSPS) is 11.7. The molecule has 0 fully saturated rings. The molecule has 0 radical (unpaired) electrons. The SMILES string of the molecule is FC(F)(F)Sc1ccc(CI)cc1. The number of alkyl halides is 4. The maximum absolute atomic E-state index is 11.9. The highest BCUT2D eigenvalue weighted by atomic mass is 127. The summed E-state index contributed by atoms with van der Waals surface area (Å²) in [5, 5.41) is 0. The minimum absolute atomic E-state index is 0.0825. The van der Waals surface area contributed by atoms with Gasteiger partial charge >= 0.3 is 5.51 Å². The molecule has 5 heteroatoms. The van der Waals surface area contributed by atoms with E-state index in [1.54, 1.807) is 12.1 Å². The van der Waals surface area contributed by atoms with E-state index in [1.807, 2.05) is 0 Å². The van der Waals surface area contributed by atoms with Crippen LogP contribution in [0.3, 0.4) is 0 Å². The van der Waals surface area contributed by atoms with Gasteiger partial charge in [-0.15, -0.1) is 0 Å². The Morgan fingerprint density at radius 2 is 1.69 bits per heavy atom. The molecule has 0 saturated heterocycles. The van der Waals surface area contributed by atoms with E-state index < -0.39 is 5.51 Å². The average molecular weight is 318 g/mol. The number of hydrogen-bond acceptors (Lipinski definition) is 1. The molecule has 1 aromatic carbocycles. The van der Waals surface area contributed by atoms with Crippen molar-refractivity contribution in [2.75, 3.05) is 0 Å². The van der Waals surface area contributed by atoms with E-state index in [0.29, 0.717) is 0 Å². The molecule has 0 heterocycles. The Bertz CT molecular complexity index is 268. The molecule has 0 aliphatic heterocycles. The quantitative estimate of drug-likeness (QED) is 0.447. The third-order valence-electron chi connectivity index (χ3n) is 1.31. The number of thioether (sulfide) groups is 1. The van der Waals surface area contributed by atoms with Crippen molar-refractivity contribution in [1.29, 1.82) is 0 Å². The Hall–Kier alpha value is 0.0900. The van der Waals surface area contributed by atoms with E-state index in [0.717, 1.165) is 9.99 Å². The number of benzene rings is 1. The van der Waals surface area contributed by atoms with E-state index in [9.17, 15) is 13.2 Å². The van der Waals surface area contributed by atoms with Crippen LogP contribution in [0.5, 0.6) is 0 Å². The van der Waals surface area contributed by atoms with Crippen molar-refractivity contribution >= 4 is 34.4 Å². The van der Waals surface area contributed by atoms with Crippen LogP contribution in [-0.2, 0) is 4.43 Å². The Balaban J connectivity index is 2.70. The lowest BCUT2D eigenvalue weighted by Crippen LogP contribution is -1.98. The smallest absolute Gasteiger partial charge is 0.160 e. The maximum Gasteiger partial charge on any atom is 0.446 e. The van der Waals surface area contributed by atoms with Crippen molar-refractivity contribution in [2.45, 2.75) is 14.8 Å². The molecule has 0 unspecified atom stereocenters. The first kappa shape index (κ1) is 11.2. The van der Waals surface area contributed by atoms with E-state index in [1.165, 1.54) is 12.1 Å². The van der Waals surface area contributed by atoms with Gasteiger partial charge in [0.25, 0.3) is 0 Å². The van der Waals surface area contributed by atoms with Gasteiger partial charge in [-0.3, -0.25) is 0 Å². The van der Waals surface area contributed by atoms with Crippen molar-refractivity contribution in [1.82, 2.24) is 0 Å². The maximum atomic E-state index is 11.9. The summed E-state index contributed by atoms with van der Waals surface area (Å²) in [6.45, 7) is 0. The summed E-state index contributed by atoms with van der Waals surface area (Å²) in [5.74, 6) is 0. The summed E-state index contributed by atoms with van der Waals surface area (Å²) in [5.41, 5.74) is -3.15. The Morgan fingerprint density at radius 3 is 2.08 bits per heavy atom. The summed E-state index contributed by atoms with van der Waals surface area (Å²) < 4.78 is 36.5. The minimum Gasteiger partial charge on any atom is -0.160 e. The molecule has 0 bridgehead atoms. The van der Waals surface area contributed by atoms with Crippen LogP contribution in [0.2, 0.25) is 0 Å². The molecule has 0 N–H and O–H groups in total. The van der Waals surface area contributed by atoms with Gasteiger partial charge in [0.05, 0.1) is 0 Å². The second-order valence-corrected chi connectivity index (χ2v) is 4.23. The van der Waals surface area contributed by atoms with Gasteiger partial charge < -0.3 is 0 Å². The number of halogens is 4. The Morgan fingerprint density at radius 1 is 1.15 bits per heavy atom. The van der Waals surface area contributed by atoms with Gasteiger partial charge in [-0.05, 0) is 29.5 Å². The Kier molecular flexibility index (Phi) is 3.90. The number of hydrogen-bond donors (Lipinski definition) is 0. The standard InChI is InChI=1S/C8H6F3IS/c9-8(10,11)13-7-3-1-6(5-12)2-4-7/h1-4H,5H2. The van der Waals surface area contributed by atoms with E-state index in [4.69, 9.17) is 0 Å². The fraction of sp³-hybridized carbons (Fsp3) is 0.250. The van der Waals surface area contributed by atoms with Crippen molar-refractivity contribution in [2.24, 2.45) is 0 Å². The molecule has 0 aromatic heterocycles. The molecule has 0 spiro atoms. The average Bonchev–Trinajstić information content (AvgIpc) is 2.03. The lowest BCUT2D eigenvalue weighted by atomic mass is 10.2. The second kappa shape index (κ2) is 4.54. The van der Waals surface area contributed by atoms with Gasteiger partial charge in [0, 0.05) is 9.32 Å². The van der Waals surface area contributed by atoms with Crippen LogP contribution in [0, 0.1) is 0 Å². The zero-order chi connectivity index (χ0) is 9.90. The molecule has 0 amide bonds. The second-order valence-electron chi connectivity index (χ2n) is 2.33. The van der Waals surface area contributed by atoms with E-state index >= 15 is 0 Å². The van der Waals surface area contributed by atoms with Crippen LogP contribution in [-0.4, -0.2) is 5.51 Å². The summed E-state index contributed by atoms with van der Waals surface area (Å²) in [6.07, 6.45) is 0. The molecule has 72 valence electrons. The van der Waals surface area contributed by atoms with Crippen LogP contribution in [0.1, 0.15) is 5.56 Å². The van der Waals surface area contributed by atoms with Gasteiger partial charge in [-0.2, -0.15) is 13.2 Å². The predicted molar refractivity (Wildman–Crippen MR) is 56.1 cm³/mol. The molecule has 0 saturated carbocycles. The highest BCUT2D eigenvalue weighted by Gasteiger charge is 2.28. The topological polar surface area (TPSA) is 0 Å². The van der Waals surface area contributed by atoms with Crippen LogP contribution in [0.25, 0.3) is 0 Å². The molecule has 1 aromatic rings. The summed E-state index contributed by atoms with van der Waals surface area (Å²) in [6, 6.07) is 6.40. The summed E-state index contributed by atoms with van der Waals surface area (Å²) in [4.78, 5) is 0.237. The first-order valence-electron chi connectivity index (χ1n) is 3.42. The van der Waals surface area contributed by atoms with Crippen molar-refractivity contribution in [3.8, 4) is 0 Å². The first-order valence-corrected chi connectivity index (χ1v) is 5.76. The van der Waals surface area contributed by atoms with Crippen LogP contribution in [0.4, 0.5) is 13.2 Å². The molecule has 0 atom stereocenters. The molecule has 0 aliphatic rings. The van der Waals surface area contributed by atoms with E-state index in [2.05, 4.69) is 22.6 Å². The lowest BCUT2D eigenvalue weighted by molar-refractivity contribution is -0.0328. The lowest BCUT2D eigenvalue weighted by Gasteiger charge is -2.05. The zero-order valence-corrected chi connectivity index (χ0v) is 9.41. The predicted octanol–water partition coefficient (Wildman–Crippen LogP) is 4.23. The fourth-order valence-corrected chi connectivity index (χ4v) is 1.83. The summed E-state index contributed by atoms with van der Waals surface area (Å²) in [7, 11) is 0. The zero-order valence-electron chi connectivity index (χ0n) is 6.44. The monoisotopic (exact) mass is 318 g/mol. The fourth-order valence-electron chi connectivity index (χ4n) is 0.780. The van der Waals surface area contributed by atoms with Crippen molar-refractivity contribution in [3.63, 3.8) is 0 Å². The highest BCUT2D eigenvalue weighted by molar-refractivity contribution is 14.1. The number of rotatable bonds is 2. The minimum atomic E-state index is -4.19. The Labute approximate surface area is 92.0 Å². The van der Waals surface area contributed by atoms with Gasteiger partial charge in [0.15, 0.2) is 0 Å². The van der Waals surface area contributed by atoms with Crippen LogP contribution < -0.4 is 0 Å². The molecule has 0 aliphatic carbocycles. The van der Waals surface area contributed by atoms with Gasteiger partial charge in [-0.1, -0.05) is 34.7 Å². The molecule has 13 heavy (non-hydrogen) atoms. The van der Waals surface area contributed by atoms with Crippen molar-refractivity contribution in [3.05, 3.63) is 29.8 Å². The molecular weight excluding hydrogens is 312 g/mol. The first-order chi connectivity index (χ1) is 6.01. The molecule has 0 nitrogen and oxygen atoms in total. The summed E-state index contributed by atoms with van der Waals surface area (Å²) >= 11 is 2.08. The van der Waals surface area contributed by atoms with Gasteiger partial charge in [0.2, 0.25) is 0 Å². The van der Waals surface area contributed by atoms with E-state index in [-0.39, 0.29) is 16.7 Å². The molecule has 1 rings (SSSR count). The van der Waals surface area contributed by atoms with Crippen molar-refractivity contribution < 1.29 is 13.2 Å². The molecular formula is C8H6F3IS. The highest BCUT2D eigenvalue weighted by Crippen LogP contribution is 2.36. The van der Waals surface area contributed by atoms with Gasteiger partial charge in [0.1, 0.15) is 0 Å².